The van der Waals surface area contributed by atoms with Crippen molar-refractivity contribution in [2.45, 2.75) is 58.1 Å². The van der Waals surface area contributed by atoms with Gasteiger partial charge in [0.15, 0.2) is 0 Å². The van der Waals surface area contributed by atoms with Crippen LogP contribution in [0, 0.1) is 17.2 Å². The van der Waals surface area contributed by atoms with E-state index in [1.165, 1.54) is 19.3 Å². The van der Waals surface area contributed by atoms with Gasteiger partial charge in [0.1, 0.15) is 5.54 Å². The van der Waals surface area contributed by atoms with Crippen LogP contribution in [-0.4, -0.2) is 24.8 Å². The van der Waals surface area contributed by atoms with E-state index in [1.54, 1.807) is 0 Å². The summed E-state index contributed by atoms with van der Waals surface area (Å²) in [6, 6.07) is 2.30. The van der Waals surface area contributed by atoms with Gasteiger partial charge in [0.05, 0.1) is 18.8 Å². The molecule has 0 radical (unpaired) electrons. The van der Waals surface area contributed by atoms with Crippen LogP contribution in [0.25, 0.3) is 0 Å². The molecule has 0 bridgehead atoms. The summed E-state index contributed by atoms with van der Waals surface area (Å²) < 4.78 is 5.92. The molecule has 0 saturated heterocycles. The van der Waals surface area contributed by atoms with E-state index in [2.05, 4.69) is 18.3 Å². The van der Waals surface area contributed by atoms with Crippen LogP contribution in [0.3, 0.4) is 0 Å². The van der Waals surface area contributed by atoms with Gasteiger partial charge in [-0.15, -0.1) is 0 Å². The Labute approximate surface area is 99.2 Å². The predicted molar refractivity (Wildman–Crippen MR) is 65.1 cm³/mol. The van der Waals surface area contributed by atoms with E-state index in [-0.39, 0.29) is 0 Å². The fraction of sp³-hybridized carbons (Fsp3) is 0.923. The lowest BCUT2D eigenvalue weighted by molar-refractivity contribution is -0.0224. The van der Waals surface area contributed by atoms with E-state index in [0.717, 1.165) is 13.0 Å². The van der Waals surface area contributed by atoms with Crippen molar-refractivity contribution in [3.05, 3.63) is 0 Å². The minimum absolute atomic E-state index is 0.347. The van der Waals surface area contributed by atoms with Crippen molar-refractivity contribution >= 4 is 0 Å². The largest absolute Gasteiger partial charge is 0.375 e. The molecule has 92 valence electrons. The Kier molecular flexibility index (Phi) is 5.24. The van der Waals surface area contributed by atoms with Crippen LogP contribution in [0.1, 0.15) is 46.5 Å². The first kappa shape index (κ1) is 13.5. The normalized spacial score (nSPS) is 29.4. The second-order valence-corrected chi connectivity index (χ2v) is 5.09. The first-order chi connectivity index (χ1) is 7.61. The third-order valence-electron chi connectivity index (χ3n) is 3.43. The van der Waals surface area contributed by atoms with Crippen molar-refractivity contribution < 1.29 is 4.74 Å². The number of ether oxygens (including phenoxy) is 1. The van der Waals surface area contributed by atoms with E-state index < -0.39 is 5.54 Å². The van der Waals surface area contributed by atoms with Crippen molar-refractivity contribution in [1.29, 1.82) is 5.26 Å². The van der Waals surface area contributed by atoms with E-state index in [1.807, 2.05) is 13.8 Å². The quantitative estimate of drug-likeness (QED) is 0.780. The van der Waals surface area contributed by atoms with Crippen LogP contribution in [0.5, 0.6) is 0 Å². The fourth-order valence-corrected chi connectivity index (χ4v) is 2.32. The monoisotopic (exact) mass is 224 g/mol. The molecule has 0 aromatic rings. The smallest absolute Gasteiger partial charge is 0.127 e. The Morgan fingerprint density at radius 1 is 1.44 bits per heavy atom. The summed E-state index contributed by atoms with van der Waals surface area (Å²) in [5.41, 5.74) is -0.536. The third-order valence-corrected chi connectivity index (χ3v) is 3.43. The second-order valence-electron chi connectivity index (χ2n) is 5.09. The van der Waals surface area contributed by atoms with Crippen LogP contribution in [0.4, 0.5) is 0 Å². The van der Waals surface area contributed by atoms with Gasteiger partial charge in [-0.25, -0.2) is 0 Å². The molecule has 16 heavy (non-hydrogen) atoms. The highest BCUT2D eigenvalue weighted by Gasteiger charge is 2.27. The maximum atomic E-state index is 9.12. The average molecular weight is 224 g/mol. The van der Waals surface area contributed by atoms with Crippen molar-refractivity contribution in [3.63, 3.8) is 0 Å². The molecule has 1 rings (SSSR count). The molecule has 1 aliphatic carbocycles. The molecular formula is C13H24N2O. The molecule has 1 fully saturated rings. The topological polar surface area (TPSA) is 45.0 Å². The van der Waals surface area contributed by atoms with Gasteiger partial charge in [0.2, 0.25) is 0 Å². The lowest BCUT2D eigenvalue weighted by Crippen LogP contribution is -2.46. The van der Waals surface area contributed by atoms with Crippen molar-refractivity contribution in [2.75, 3.05) is 13.2 Å². The Bertz CT molecular complexity index is 249. The van der Waals surface area contributed by atoms with Gasteiger partial charge in [0, 0.05) is 0 Å². The Hall–Kier alpha value is -0.590. The zero-order valence-corrected chi connectivity index (χ0v) is 10.8. The summed E-state index contributed by atoms with van der Waals surface area (Å²) in [5.74, 6) is 0.637. The summed E-state index contributed by atoms with van der Waals surface area (Å²) in [4.78, 5) is 0. The van der Waals surface area contributed by atoms with Crippen LogP contribution < -0.4 is 5.32 Å². The van der Waals surface area contributed by atoms with Gasteiger partial charge >= 0.3 is 0 Å². The maximum absolute atomic E-state index is 9.12. The molecule has 0 aromatic carbocycles. The molecule has 1 aliphatic rings. The molecule has 3 nitrogen and oxygen atoms in total. The van der Waals surface area contributed by atoms with Gasteiger partial charge in [0.25, 0.3) is 0 Å². The van der Waals surface area contributed by atoms with E-state index in [0.29, 0.717) is 18.6 Å². The number of nitrogens with zero attached hydrogens (tertiary/aromatic N) is 1. The SMILES string of the molecule is CCNC(C)(C#N)COC1CCCCC1C. The van der Waals surface area contributed by atoms with E-state index >= 15 is 0 Å². The van der Waals surface area contributed by atoms with Gasteiger partial charge in [-0.1, -0.05) is 26.7 Å². The van der Waals surface area contributed by atoms with Crippen molar-refractivity contribution in [2.24, 2.45) is 5.92 Å². The minimum atomic E-state index is -0.536. The number of hydrogen-bond acceptors (Lipinski definition) is 3. The van der Waals surface area contributed by atoms with Gasteiger partial charge in [-0.2, -0.15) is 5.26 Å². The van der Waals surface area contributed by atoms with E-state index in [9.17, 15) is 0 Å². The average Bonchev–Trinajstić information content (AvgIpc) is 2.28. The summed E-state index contributed by atoms with van der Waals surface area (Å²) in [7, 11) is 0. The molecule has 0 aromatic heterocycles. The highest BCUT2D eigenvalue weighted by molar-refractivity contribution is 5.03. The highest BCUT2D eigenvalue weighted by Crippen LogP contribution is 2.26. The van der Waals surface area contributed by atoms with Crippen molar-refractivity contribution in [3.8, 4) is 6.07 Å². The Balaban J connectivity index is 2.39. The number of nitriles is 1. The lowest BCUT2D eigenvalue weighted by Gasteiger charge is -2.32. The molecule has 3 atom stereocenters. The van der Waals surface area contributed by atoms with Crippen LogP contribution in [0.2, 0.25) is 0 Å². The second kappa shape index (κ2) is 6.22. The summed E-state index contributed by atoms with van der Waals surface area (Å²) in [6.07, 6.45) is 5.34. The zero-order valence-electron chi connectivity index (χ0n) is 10.8. The van der Waals surface area contributed by atoms with E-state index in [4.69, 9.17) is 10.00 Å². The molecule has 0 spiro atoms. The Morgan fingerprint density at radius 2 is 2.12 bits per heavy atom. The first-order valence-electron chi connectivity index (χ1n) is 6.39. The lowest BCUT2D eigenvalue weighted by atomic mass is 9.88. The number of likely N-dealkylation sites (N-methyl/N-ethyl adjacent to an activating group) is 1. The van der Waals surface area contributed by atoms with Crippen molar-refractivity contribution in [1.82, 2.24) is 5.32 Å². The minimum Gasteiger partial charge on any atom is -0.375 e. The molecule has 0 heterocycles. The Morgan fingerprint density at radius 3 is 2.69 bits per heavy atom. The zero-order chi connectivity index (χ0) is 12.0. The van der Waals surface area contributed by atoms with Gasteiger partial charge in [-0.05, 0) is 32.2 Å². The fourth-order valence-electron chi connectivity index (χ4n) is 2.32. The summed E-state index contributed by atoms with van der Waals surface area (Å²) in [5, 5.41) is 12.3. The maximum Gasteiger partial charge on any atom is 0.127 e. The number of hydrogen-bond donors (Lipinski definition) is 1. The molecule has 0 amide bonds. The standard InChI is InChI=1S/C13H24N2O/c1-4-15-13(3,9-14)10-16-12-8-6-5-7-11(12)2/h11-12,15H,4-8,10H2,1-3H3. The molecule has 1 saturated carbocycles. The number of rotatable bonds is 5. The molecular weight excluding hydrogens is 200 g/mol. The van der Waals surface area contributed by atoms with Gasteiger partial charge in [-0.3, -0.25) is 5.32 Å². The first-order valence-corrected chi connectivity index (χ1v) is 6.39. The molecule has 1 N–H and O–H groups in total. The summed E-state index contributed by atoms with van der Waals surface area (Å²) >= 11 is 0. The third kappa shape index (κ3) is 3.77. The van der Waals surface area contributed by atoms with Crippen LogP contribution in [-0.2, 0) is 4.74 Å². The molecule has 3 heteroatoms. The predicted octanol–water partition coefficient (Wildman–Crippen LogP) is 2.47. The molecule has 3 unspecified atom stereocenters. The van der Waals surface area contributed by atoms with Crippen LogP contribution >= 0.6 is 0 Å². The van der Waals surface area contributed by atoms with Gasteiger partial charge < -0.3 is 4.74 Å². The number of nitrogens with one attached hydrogen (secondary N) is 1. The highest BCUT2D eigenvalue weighted by atomic mass is 16.5. The molecule has 0 aliphatic heterocycles. The summed E-state index contributed by atoms with van der Waals surface area (Å²) in [6.45, 7) is 7.46. The van der Waals surface area contributed by atoms with Crippen LogP contribution in [0.15, 0.2) is 0 Å².